The maximum Gasteiger partial charge on any atom is 0.100 e. The molecule has 0 aromatic heterocycles. The summed E-state index contributed by atoms with van der Waals surface area (Å²) in [7, 11) is 0. The Morgan fingerprint density at radius 1 is 0.311 bits per heavy atom. The Kier molecular flexibility index (Phi) is 52.5. The molecule has 45 heavy (non-hydrogen) atoms. The quantitative estimate of drug-likeness (QED) is 0.0384. The van der Waals surface area contributed by atoms with Crippen LogP contribution in [0, 0.1) is 0 Å². The first-order valence-electron chi connectivity index (χ1n) is 19.4. The molecule has 0 aliphatic heterocycles. The third-order valence-electron chi connectivity index (χ3n) is 8.13. The molecule has 0 spiro atoms. The van der Waals surface area contributed by atoms with Crippen LogP contribution in [0.15, 0.2) is 0 Å². The van der Waals surface area contributed by atoms with Gasteiger partial charge < -0.3 is 35.4 Å². The van der Waals surface area contributed by atoms with Crippen molar-refractivity contribution < 1.29 is 35.4 Å². The molecule has 0 unspecified atom stereocenters. The monoisotopic (exact) mass is 651 g/mol. The van der Waals surface area contributed by atoms with E-state index in [1.807, 2.05) is 0 Å². The molecule has 0 aromatic carbocycles. The molecule has 0 aromatic rings. The fraction of sp³-hybridized carbons (Fsp3) is 1.00. The van der Waals surface area contributed by atoms with Gasteiger partial charge in [0.1, 0.15) is 12.2 Å². The van der Waals surface area contributed by atoms with Crippen LogP contribution in [-0.2, 0) is 4.74 Å². The van der Waals surface area contributed by atoms with Crippen LogP contribution < -0.4 is 0 Å². The van der Waals surface area contributed by atoms with Crippen LogP contribution in [0.2, 0.25) is 0 Å². The molecule has 0 aliphatic rings. The summed E-state index contributed by atoms with van der Waals surface area (Å²) in [5.41, 5.74) is 0. The van der Waals surface area contributed by atoms with Crippen molar-refractivity contribution in [1.29, 1.82) is 0 Å². The summed E-state index contributed by atoms with van der Waals surface area (Å²) in [6, 6.07) is 0. The highest BCUT2D eigenvalue weighted by molar-refractivity contribution is 4.51. The SMILES string of the molecule is CCCCCCCCCCCCCCCCOCCCCCCCCCCCCCCCC.OCC(O)CO.OCC(O)CO. The first-order valence-corrected chi connectivity index (χ1v) is 19.4. The van der Waals surface area contributed by atoms with E-state index >= 15 is 0 Å². The lowest BCUT2D eigenvalue weighted by atomic mass is 10.0. The van der Waals surface area contributed by atoms with E-state index in [0.717, 1.165) is 13.2 Å². The Hall–Kier alpha value is -0.280. The third-order valence-corrected chi connectivity index (χ3v) is 8.13. The number of aliphatic hydroxyl groups excluding tert-OH is 6. The minimum absolute atomic E-state index is 0.365. The van der Waals surface area contributed by atoms with Crippen molar-refractivity contribution in [3.63, 3.8) is 0 Å². The van der Waals surface area contributed by atoms with Gasteiger partial charge in [-0.05, 0) is 12.8 Å². The van der Waals surface area contributed by atoms with Gasteiger partial charge >= 0.3 is 0 Å². The second-order valence-electron chi connectivity index (χ2n) is 12.8. The lowest BCUT2D eigenvalue weighted by Gasteiger charge is -2.05. The first kappa shape index (κ1) is 49.1. The van der Waals surface area contributed by atoms with Gasteiger partial charge in [0, 0.05) is 13.2 Å². The zero-order valence-electron chi connectivity index (χ0n) is 30.3. The third kappa shape index (κ3) is 53.5. The summed E-state index contributed by atoms with van der Waals surface area (Å²) in [5.74, 6) is 0. The van der Waals surface area contributed by atoms with Gasteiger partial charge in [-0.3, -0.25) is 0 Å². The van der Waals surface area contributed by atoms with Crippen molar-refractivity contribution in [2.45, 2.75) is 206 Å². The molecule has 0 fully saturated rings. The molecule has 0 amide bonds. The number of rotatable bonds is 34. The van der Waals surface area contributed by atoms with E-state index < -0.39 is 12.2 Å². The molecular formula is C38H82O7. The summed E-state index contributed by atoms with van der Waals surface area (Å²) < 4.78 is 5.85. The molecule has 0 bridgehead atoms. The minimum Gasteiger partial charge on any atom is -0.394 e. The van der Waals surface area contributed by atoms with Crippen LogP contribution in [-0.4, -0.2) is 82.5 Å². The second-order valence-corrected chi connectivity index (χ2v) is 12.8. The number of aliphatic hydroxyl groups is 6. The van der Waals surface area contributed by atoms with Gasteiger partial charge in [-0.2, -0.15) is 0 Å². The van der Waals surface area contributed by atoms with E-state index in [9.17, 15) is 0 Å². The van der Waals surface area contributed by atoms with Crippen molar-refractivity contribution in [2.75, 3.05) is 39.6 Å². The number of ether oxygens (including phenoxy) is 1. The number of unbranched alkanes of at least 4 members (excludes halogenated alkanes) is 26. The lowest BCUT2D eigenvalue weighted by molar-refractivity contribution is 0.0450. The summed E-state index contributed by atoms with van der Waals surface area (Å²) in [6.45, 7) is 5.14. The second kappa shape index (κ2) is 48.1. The zero-order valence-corrected chi connectivity index (χ0v) is 30.3. The van der Waals surface area contributed by atoms with Crippen LogP contribution in [0.3, 0.4) is 0 Å². The van der Waals surface area contributed by atoms with E-state index in [1.54, 1.807) is 0 Å². The van der Waals surface area contributed by atoms with Gasteiger partial charge in [-0.25, -0.2) is 0 Å². The molecule has 0 rings (SSSR count). The van der Waals surface area contributed by atoms with Gasteiger partial charge in [0.25, 0.3) is 0 Å². The Morgan fingerprint density at radius 2 is 0.489 bits per heavy atom. The molecule has 7 heteroatoms. The highest BCUT2D eigenvalue weighted by Gasteiger charge is 1.97. The molecule has 0 saturated carbocycles. The highest BCUT2D eigenvalue weighted by Crippen LogP contribution is 2.14. The number of hydrogen-bond acceptors (Lipinski definition) is 7. The largest absolute Gasteiger partial charge is 0.394 e. The Bertz CT molecular complexity index is 419. The van der Waals surface area contributed by atoms with Crippen LogP contribution in [0.4, 0.5) is 0 Å². The maximum absolute atomic E-state index is 8.17. The van der Waals surface area contributed by atoms with Crippen molar-refractivity contribution in [1.82, 2.24) is 0 Å². The van der Waals surface area contributed by atoms with Crippen molar-refractivity contribution in [3.05, 3.63) is 0 Å². The van der Waals surface area contributed by atoms with Gasteiger partial charge in [-0.1, -0.05) is 181 Å². The Labute approximate surface area is 280 Å². The molecule has 0 aliphatic carbocycles. The normalized spacial score (nSPS) is 11.1. The summed E-state index contributed by atoms with van der Waals surface area (Å²) in [4.78, 5) is 0. The van der Waals surface area contributed by atoms with E-state index in [2.05, 4.69) is 13.8 Å². The minimum atomic E-state index is -0.954. The zero-order chi connectivity index (χ0) is 33.9. The highest BCUT2D eigenvalue weighted by atomic mass is 16.5. The van der Waals surface area contributed by atoms with Gasteiger partial charge in [0.05, 0.1) is 26.4 Å². The van der Waals surface area contributed by atoms with Crippen molar-refractivity contribution >= 4 is 0 Å². The number of hydrogen-bond donors (Lipinski definition) is 6. The summed E-state index contributed by atoms with van der Waals surface area (Å²) in [5, 5.41) is 48.0. The molecule has 6 N–H and O–H groups in total. The van der Waals surface area contributed by atoms with E-state index in [-0.39, 0.29) is 26.4 Å². The molecule has 7 nitrogen and oxygen atoms in total. The van der Waals surface area contributed by atoms with Gasteiger partial charge in [0.15, 0.2) is 0 Å². The lowest BCUT2D eigenvalue weighted by Crippen LogP contribution is -2.15. The average molecular weight is 651 g/mol. The fourth-order valence-corrected chi connectivity index (χ4v) is 5.01. The molecule has 0 atom stereocenters. The van der Waals surface area contributed by atoms with Gasteiger partial charge in [0.2, 0.25) is 0 Å². The first-order chi connectivity index (χ1) is 22.0. The Balaban J connectivity index is -0.00000123. The van der Waals surface area contributed by atoms with Crippen molar-refractivity contribution in [2.24, 2.45) is 0 Å². The molecule has 276 valence electrons. The maximum atomic E-state index is 8.17. The molecule has 0 radical (unpaired) electrons. The predicted octanol–water partition coefficient (Wildman–Crippen LogP) is 8.63. The van der Waals surface area contributed by atoms with Crippen LogP contribution in [0.5, 0.6) is 0 Å². The molecule has 0 heterocycles. The topological polar surface area (TPSA) is 131 Å². The van der Waals surface area contributed by atoms with E-state index in [1.165, 1.54) is 180 Å². The summed E-state index contributed by atoms with van der Waals surface area (Å²) >= 11 is 0. The van der Waals surface area contributed by atoms with Crippen LogP contribution in [0.1, 0.15) is 194 Å². The molecule has 0 saturated heterocycles. The van der Waals surface area contributed by atoms with Crippen LogP contribution >= 0.6 is 0 Å². The van der Waals surface area contributed by atoms with E-state index in [0.29, 0.717) is 0 Å². The summed E-state index contributed by atoms with van der Waals surface area (Å²) in [6.07, 6.45) is 38.2. The average Bonchev–Trinajstić information content (AvgIpc) is 3.07. The van der Waals surface area contributed by atoms with Crippen molar-refractivity contribution in [3.8, 4) is 0 Å². The standard InChI is InChI=1S/C32H66O.2C3H8O3/c1-3-5-7-9-11-13-15-17-19-21-23-25-27-29-31-33-32-30-28-26-24-22-20-18-16-14-12-10-8-6-4-2;2*4-1-3(6)2-5/h3-32H2,1-2H3;2*3-6H,1-2H2. The van der Waals surface area contributed by atoms with E-state index in [4.69, 9.17) is 35.4 Å². The fourth-order valence-electron chi connectivity index (χ4n) is 5.01. The smallest absolute Gasteiger partial charge is 0.100 e. The predicted molar refractivity (Wildman–Crippen MR) is 192 cm³/mol. The van der Waals surface area contributed by atoms with Crippen LogP contribution in [0.25, 0.3) is 0 Å². The Morgan fingerprint density at radius 3 is 0.644 bits per heavy atom. The van der Waals surface area contributed by atoms with Gasteiger partial charge in [-0.15, -0.1) is 0 Å². The molecular weight excluding hydrogens is 568 g/mol.